The largest absolute Gasteiger partial charge is 0.354 e. The van der Waals surface area contributed by atoms with Gasteiger partial charge in [0.1, 0.15) is 11.8 Å². The van der Waals surface area contributed by atoms with Crippen LogP contribution < -0.4 is 10.6 Å². The van der Waals surface area contributed by atoms with Gasteiger partial charge in [0.25, 0.3) is 5.91 Å². The Morgan fingerprint density at radius 2 is 1.81 bits per heavy atom. The maximum absolute atomic E-state index is 12.3. The van der Waals surface area contributed by atoms with Crippen LogP contribution in [0, 0.1) is 11.3 Å². The molecule has 134 valence electrons. The second-order valence-corrected chi connectivity index (χ2v) is 6.06. The zero-order valence-corrected chi connectivity index (χ0v) is 14.9. The Bertz CT molecular complexity index is 948. The van der Waals surface area contributed by atoms with Crippen LogP contribution in [-0.4, -0.2) is 17.4 Å². The van der Waals surface area contributed by atoms with E-state index in [1.54, 1.807) is 24.4 Å². The molecule has 1 amide bonds. The average molecular weight is 356 g/mol. The summed E-state index contributed by atoms with van der Waals surface area (Å²) in [5.41, 5.74) is 3.55. The number of aromatic nitrogens is 1. The molecule has 0 aliphatic heterocycles. The van der Waals surface area contributed by atoms with Crippen molar-refractivity contribution in [3.05, 3.63) is 89.7 Å². The van der Waals surface area contributed by atoms with E-state index in [-0.39, 0.29) is 5.91 Å². The Balaban J connectivity index is 1.56. The van der Waals surface area contributed by atoms with Crippen LogP contribution in [0.2, 0.25) is 0 Å². The van der Waals surface area contributed by atoms with Crippen molar-refractivity contribution in [2.75, 3.05) is 11.9 Å². The van der Waals surface area contributed by atoms with Crippen molar-refractivity contribution in [2.24, 2.45) is 0 Å². The number of hydrogen-bond donors (Lipinski definition) is 2. The predicted octanol–water partition coefficient (Wildman–Crippen LogP) is 4.06. The SMILES string of the molecule is N#Cc1ccccc1Nc1ccnc(C(=O)NCCCc2ccccc2)c1. The van der Waals surface area contributed by atoms with Crippen molar-refractivity contribution < 1.29 is 4.79 Å². The molecule has 2 N–H and O–H groups in total. The van der Waals surface area contributed by atoms with Gasteiger partial charge in [0, 0.05) is 18.4 Å². The molecule has 27 heavy (non-hydrogen) atoms. The van der Waals surface area contributed by atoms with E-state index in [0.717, 1.165) is 12.8 Å². The van der Waals surface area contributed by atoms with Gasteiger partial charge >= 0.3 is 0 Å². The van der Waals surface area contributed by atoms with E-state index in [1.807, 2.05) is 36.4 Å². The van der Waals surface area contributed by atoms with Crippen LogP contribution >= 0.6 is 0 Å². The van der Waals surface area contributed by atoms with Gasteiger partial charge in [0.2, 0.25) is 0 Å². The monoisotopic (exact) mass is 356 g/mol. The molecule has 0 bridgehead atoms. The minimum absolute atomic E-state index is 0.208. The number of amides is 1. The van der Waals surface area contributed by atoms with Crippen LogP contribution in [0.1, 0.15) is 28.0 Å². The minimum Gasteiger partial charge on any atom is -0.354 e. The summed E-state index contributed by atoms with van der Waals surface area (Å²) in [6.07, 6.45) is 3.36. The number of rotatable bonds is 7. The fraction of sp³-hybridized carbons (Fsp3) is 0.136. The van der Waals surface area contributed by atoms with Crippen LogP contribution in [0.25, 0.3) is 0 Å². The molecule has 0 fully saturated rings. The van der Waals surface area contributed by atoms with Crippen LogP contribution in [0.4, 0.5) is 11.4 Å². The summed E-state index contributed by atoms with van der Waals surface area (Å²) >= 11 is 0. The number of nitrogens with one attached hydrogen (secondary N) is 2. The molecular formula is C22H20N4O. The number of carbonyl (C=O) groups excluding carboxylic acids is 1. The summed E-state index contributed by atoms with van der Waals surface area (Å²) in [7, 11) is 0. The molecule has 0 radical (unpaired) electrons. The van der Waals surface area contributed by atoms with Crippen LogP contribution in [0.3, 0.4) is 0 Å². The highest BCUT2D eigenvalue weighted by Gasteiger charge is 2.08. The lowest BCUT2D eigenvalue weighted by atomic mass is 10.1. The topological polar surface area (TPSA) is 77.8 Å². The number of aryl methyl sites for hydroxylation is 1. The molecule has 0 spiro atoms. The van der Waals surface area contributed by atoms with Crippen LogP contribution in [0.5, 0.6) is 0 Å². The number of para-hydroxylation sites is 1. The van der Waals surface area contributed by atoms with E-state index in [1.165, 1.54) is 5.56 Å². The molecule has 0 saturated carbocycles. The lowest BCUT2D eigenvalue weighted by Gasteiger charge is -2.09. The van der Waals surface area contributed by atoms with Crippen molar-refractivity contribution in [3.63, 3.8) is 0 Å². The first kappa shape index (κ1) is 18.2. The van der Waals surface area contributed by atoms with Gasteiger partial charge in [0.15, 0.2) is 0 Å². The summed E-state index contributed by atoms with van der Waals surface area (Å²) in [6.45, 7) is 0.588. The lowest BCUT2D eigenvalue weighted by molar-refractivity contribution is 0.0948. The van der Waals surface area contributed by atoms with Gasteiger partial charge in [-0.25, -0.2) is 0 Å². The number of pyridine rings is 1. The van der Waals surface area contributed by atoms with E-state index in [0.29, 0.717) is 29.2 Å². The molecule has 5 heteroatoms. The smallest absolute Gasteiger partial charge is 0.269 e. The Morgan fingerprint density at radius 3 is 2.63 bits per heavy atom. The number of nitriles is 1. The molecule has 1 aromatic heterocycles. The first-order valence-electron chi connectivity index (χ1n) is 8.80. The molecule has 5 nitrogen and oxygen atoms in total. The van der Waals surface area contributed by atoms with Crippen molar-refractivity contribution in [1.29, 1.82) is 5.26 Å². The molecular weight excluding hydrogens is 336 g/mol. The first-order valence-corrected chi connectivity index (χ1v) is 8.80. The summed E-state index contributed by atoms with van der Waals surface area (Å²) < 4.78 is 0. The van der Waals surface area contributed by atoms with Crippen molar-refractivity contribution >= 4 is 17.3 Å². The lowest BCUT2D eigenvalue weighted by Crippen LogP contribution is -2.25. The molecule has 0 atom stereocenters. The number of benzene rings is 2. The Morgan fingerprint density at radius 1 is 1.04 bits per heavy atom. The number of nitrogens with zero attached hydrogens (tertiary/aromatic N) is 2. The van der Waals surface area contributed by atoms with Crippen LogP contribution in [-0.2, 0) is 6.42 Å². The maximum atomic E-state index is 12.3. The Labute approximate surface area is 158 Å². The summed E-state index contributed by atoms with van der Waals surface area (Å²) in [5.74, 6) is -0.208. The second-order valence-electron chi connectivity index (χ2n) is 6.06. The van der Waals surface area contributed by atoms with E-state index < -0.39 is 0 Å². The van der Waals surface area contributed by atoms with Gasteiger partial charge in [-0.1, -0.05) is 42.5 Å². The third kappa shape index (κ3) is 5.16. The van der Waals surface area contributed by atoms with Gasteiger partial charge in [-0.05, 0) is 42.7 Å². The standard InChI is InChI=1S/C22H20N4O/c23-16-18-10-4-5-11-20(18)26-19-12-14-24-21(15-19)22(27)25-13-6-9-17-7-2-1-3-8-17/h1-5,7-8,10-12,14-15H,6,9,13H2,(H,24,26)(H,25,27). The van der Waals surface area contributed by atoms with E-state index in [4.69, 9.17) is 0 Å². The zero-order valence-electron chi connectivity index (χ0n) is 14.9. The molecule has 0 aliphatic carbocycles. The number of carbonyl (C=O) groups is 1. The quantitative estimate of drug-likeness (QED) is 0.626. The summed E-state index contributed by atoms with van der Waals surface area (Å²) in [5, 5.41) is 15.2. The molecule has 0 aliphatic rings. The van der Waals surface area contributed by atoms with Crippen molar-refractivity contribution in [2.45, 2.75) is 12.8 Å². The highest BCUT2D eigenvalue weighted by molar-refractivity contribution is 5.93. The van der Waals surface area contributed by atoms with Gasteiger partial charge in [-0.2, -0.15) is 5.26 Å². The third-order valence-corrected chi connectivity index (χ3v) is 4.09. The molecule has 0 saturated heterocycles. The van der Waals surface area contributed by atoms with E-state index in [2.05, 4.69) is 33.8 Å². The van der Waals surface area contributed by atoms with Gasteiger partial charge in [-0.3, -0.25) is 9.78 Å². The molecule has 1 heterocycles. The Hall–Kier alpha value is -3.65. The summed E-state index contributed by atoms with van der Waals surface area (Å²) in [6, 6.07) is 23.0. The van der Waals surface area contributed by atoms with Crippen molar-refractivity contribution in [1.82, 2.24) is 10.3 Å². The third-order valence-electron chi connectivity index (χ3n) is 4.09. The minimum atomic E-state index is -0.208. The number of anilines is 2. The fourth-order valence-corrected chi connectivity index (χ4v) is 2.71. The molecule has 3 rings (SSSR count). The van der Waals surface area contributed by atoms with E-state index in [9.17, 15) is 10.1 Å². The highest BCUT2D eigenvalue weighted by Crippen LogP contribution is 2.20. The Kier molecular flexibility index (Phi) is 6.16. The molecule has 3 aromatic rings. The maximum Gasteiger partial charge on any atom is 0.269 e. The number of hydrogen-bond acceptors (Lipinski definition) is 4. The fourth-order valence-electron chi connectivity index (χ4n) is 2.71. The van der Waals surface area contributed by atoms with E-state index >= 15 is 0 Å². The van der Waals surface area contributed by atoms with Crippen molar-refractivity contribution in [3.8, 4) is 6.07 Å². The predicted molar refractivity (Wildman–Crippen MR) is 106 cm³/mol. The normalized spacial score (nSPS) is 10.0. The molecule has 2 aromatic carbocycles. The first-order chi connectivity index (χ1) is 13.3. The molecule has 0 unspecified atom stereocenters. The second kappa shape index (κ2) is 9.16. The average Bonchev–Trinajstić information content (AvgIpc) is 2.72. The highest BCUT2D eigenvalue weighted by atomic mass is 16.1. The van der Waals surface area contributed by atoms with Gasteiger partial charge in [-0.15, -0.1) is 0 Å². The zero-order chi connectivity index (χ0) is 18.9. The van der Waals surface area contributed by atoms with Crippen LogP contribution in [0.15, 0.2) is 72.9 Å². The van der Waals surface area contributed by atoms with Gasteiger partial charge in [0.05, 0.1) is 11.3 Å². The van der Waals surface area contributed by atoms with Gasteiger partial charge < -0.3 is 10.6 Å². The summed E-state index contributed by atoms with van der Waals surface area (Å²) in [4.78, 5) is 16.5.